The fourth-order valence-electron chi connectivity index (χ4n) is 6.42. The standard InChI is InChI=1S/C29H30N4O3/c1-15-9-26(30)32-16(2)25(15)12-31-29(34)17-3-7-21-23(10-17)27-22-8-4-18(11-24(22)28(21)36-27)33-13-19-5-6-20(14-33)35-19/h3-4,7-11,19-20,27-28H,5-6,12-14H2,1-2H3,(H2,30,32)(H,31,34). The number of nitrogens with one attached hydrogen (secondary N) is 1. The molecule has 4 aliphatic heterocycles. The van der Waals surface area contributed by atoms with Gasteiger partial charge in [0.25, 0.3) is 5.91 Å². The van der Waals surface area contributed by atoms with Crippen LogP contribution >= 0.6 is 0 Å². The Morgan fingerprint density at radius 1 is 0.972 bits per heavy atom. The number of hydrogen-bond acceptors (Lipinski definition) is 6. The number of pyridine rings is 1. The Bertz CT molecular complexity index is 1370. The SMILES string of the molecule is Cc1cc(N)nc(C)c1CNC(=O)c1ccc2c(c1)C1OC2c2cc(N3CC4CCC(C3)O4)ccc21. The largest absolute Gasteiger partial charge is 0.384 e. The molecule has 0 spiro atoms. The number of nitrogens with two attached hydrogens (primary N) is 1. The Balaban J connectivity index is 1.10. The topological polar surface area (TPSA) is 89.7 Å². The number of hydrogen-bond donors (Lipinski definition) is 2. The summed E-state index contributed by atoms with van der Waals surface area (Å²) in [5.74, 6) is 0.395. The van der Waals surface area contributed by atoms with Gasteiger partial charge in [-0.2, -0.15) is 0 Å². The first-order valence-corrected chi connectivity index (χ1v) is 12.8. The van der Waals surface area contributed by atoms with Crippen molar-refractivity contribution in [1.82, 2.24) is 10.3 Å². The molecule has 4 aliphatic rings. The van der Waals surface area contributed by atoms with Gasteiger partial charge in [0.1, 0.15) is 18.0 Å². The minimum absolute atomic E-state index is 0.0685. The molecule has 0 aliphatic carbocycles. The molecule has 1 amide bonds. The third-order valence-electron chi connectivity index (χ3n) is 8.23. The van der Waals surface area contributed by atoms with Crippen molar-refractivity contribution in [3.8, 4) is 0 Å². The highest BCUT2D eigenvalue weighted by atomic mass is 16.5. The molecule has 5 heterocycles. The van der Waals surface area contributed by atoms with Crippen molar-refractivity contribution in [2.75, 3.05) is 23.7 Å². The molecule has 7 rings (SSSR count). The Labute approximate surface area is 210 Å². The molecule has 2 aromatic carbocycles. The van der Waals surface area contributed by atoms with Gasteiger partial charge < -0.3 is 25.4 Å². The van der Waals surface area contributed by atoms with Gasteiger partial charge in [0.15, 0.2) is 0 Å². The third kappa shape index (κ3) is 3.41. The molecular formula is C29H30N4O3. The summed E-state index contributed by atoms with van der Waals surface area (Å²) in [4.78, 5) is 19.8. The van der Waals surface area contributed by atoms with Gasteiger partial charge in [-0.15, -0.1) is 0 Å². The van der Waals surface area contributed by atoms with Crippen molar-refractivity contribution in [1.29, 1.82) is 0 Å². The van der Waals surface area contributed by atoms with Crippen LogP contribution in [-0.4, -0.2) is 36.2 Å². The number of nitrogens with zero attached hydrogens (tertiary/aromatic N) is 2. The molecule has 1 aromatic heterocycles. The molecule has 4 unspecified atom stereocenters. The molecule has 3 aromatic rings. The van der Waals surface area contributed by atoms with Crippen LogP contribution in [0.1, 0.15) is 74.5 Å². The summed E-state index contributed by atoms with van der Waals surface area (Å²) in [5.41, 5.74) is 15.3. The number of carbonyl (C=O) groups excluding carboxylic acids is 1. The Morgan fingerprint density at radius 3 is 2.39 bits per heavy atom. The zero-order valence-corrected chi connectivity index (χ0v) is 20.6. The van der Waals surface area contributed by atoms with Gasteiger partial charge in [-0.25, -0.2) is 4.98 Å². The summed E-state index contributed by atoms with van der Waals surface area (Å²) in [7, 11) is 0. The van der Waals surface area contributed by atoms with E-state index in [0.717, 1.165) is 41.0 Å². The van der Waals surface area contributed by atoms with E-state index in [4.69, 9.17) is 15.2 Å². The number of amides is 1. The maximum Gasteiger partial charge on any atom is 0.251 e. The molecule has 7 heteroatoms. The van der Waals surface area contributed by atoms with E-state index in [1.165, 1.54) is 29.7 Å². The average Bonchev–Trinajstić information content (AvgIpc) is 3.54. The van der Waals surface area contributed by atoms with Crippen molar-refractivity contribution < 1.29 is 14.3 Å². The highest BCUT2D eigenvalue weighted by molar-refractivity contribution is 5.94. The summed E-state index contributed by atoms with van der Waals surface area (Å²) in [6.07, 6.45) is 2.87. The Hall–Kier alpha value is -3.42. The number of fused-ring (bicyclic) bond motifs is 10. The first kappa shape index (κ1) is 21.8. The number of rotatable bonds is 4. The lowest BCUT2D eigenvalue weighted by Gasteiger charge is -2.34. The second-order valence-electron chi connectivity index (χ2n) is 10.5. The first-order valence-electron chi connectivity index (χ1n) is 12.8. The number of morpholine rings is 1. The van der Waals surface area contributed by atoms with E-state index in [9.17, 15) is 4.79 Å². The van der Waals surface area contributed by atoms with Crippen LogP contribution in [0.15, 0.2) is 42.5 Å². The van der Waals surface area contributed by atoms with Gasteiger partial charge in [-0.05, 0) is 90.4 Å². The minimum atomic E-state index is -0.117. The minimum Gasteiger partial charge on any atom is -0.384 e. The zero-order chi connectivity index (χ0) is 24.6. The molecule has 7 nitrogen and oxygen atoms in total. The predicted molar refractivity (Wildman–Crippen MR) is 137 cm³/mol. The smallest absolute Gasteiger partial charge is 0.251 e. The van der Waals surface area contributed by atoms with Crippen molar-refractivity contribution in [3.63, 3.8) is 0 Å². The second-order valence-corrected chi connectivity index (χ2v) is 10.5. The average molecular weight is 483 g/mol. The molecule has 0 saturated carbocycles. The number of benzene rings is 2. The monoisotopic (exact) mass is 482 g/mol. The summed E-state index contributed by atoms with van der Waals surface area (Å²) in [6.45, 7) is 6.25. The lowest BCUT2D eigenvalue weighted by atomic mass is 9.85. The number of ether oxygens (including phenoxy) is 2. The number of aryl methyl sites for hydroxylation is 2. The maximum absolute atomic E-state index is 13.0. The van der Waals surface area contributed by atoms with Crippen LogP contribution < -0.4 is 16.0 Å². The number of carbonyl (C=O) groups is 1. The van der Waals surface area contributed by atoms with Crippen LogP contribution in [0.4, 0.5) is 11.5 Å². The molecule has 36 heavy (non-hydrogen) atoms. The molecule has 3 N–H and O–H groups in total. The van der Waals surface area contributed by atoms with Crippen LogP contribution in [0.5, 0.6) is 0 Å². The van der Waals surface area contributed by atoms with Crippen molar-refractivity contribution in [2.45, 2.75) is 57.6 Å². The van der Waals surface area contributed by atoms with E-state index in [2.05, 4.69) is 39.5 Å². The van der Waals surface area contributed by atoms with Gasteiger partial charge in [-0.1, -0.05) is 12.1 Å². The van der Waals surface area contributed by atoms with Gasteiger partial charge in [0, 0.05) is 36.6 Å². The maximum atomic E-state index is 13.0. The highest BCUT2D eigenvalue weighted by Crippen LogP contribution is 2.55. The lowest BCUT2D eigenvalue weighted by molar-refractivity contribution is 0.0305. The van der Waals surface area contributed by atoms with E-state index < -0.39 is 0 Å². The molecule has 2 saturated heterocycles. The Morgan fingerprint density at radius 2 is 1.67 bits per heavy atom. The first-order chi connectivity index (χ1) is 17.4. The van der Waals surface area contributed by atoms with Gasteiger partial charge >= 0.3 is 0 Å². The molecular weight excluding hydrogens is 452 g/mol. The predicted octanol–water partition coefficient (Wildman–Crippen LogP) is 4.10. The van der Waals surface area contributed by atoms with Gasteiger partial charge in [0.2, 0.25) is 0 Å². The molecule has 0 radical (unpaired) electrons. The quantitative estimate of drug-likeness (QED) is 0.582. The third-order valence-corrected chi connectivity index (χ3v) is 8.23. The van der Waals surface area contributed by atoms with Gasteiger partial charge in [0.05, 0.1) is 12.2 Å². The van der Waals surface area contributed by atoms with Gasteiger partial charge in [-0.3, -0.25) is 4.79 Å². The number of nitrogen functional groups attached to an aromatic ring is 1. The Kier molecular flexibility index (Phi) is 4.88. The van der Waals surface area contributed by atoms with E-state index in [0.29, 0.717) is 30.1 Å². The fraction of sp³-hybridized carbons (Fsp3) is 0.379. The van der Waals surface area contributed by atoms with Crippen LogP contribution in [0.25, 0.3) is 0 Å². The normalized spacial score (nSPS) is 25.1. The van der Waals surface area contributed by atoms with Crippen molar-refractivity contribution in [2.24, 2.45) is 0 Å². The summed E-state index contributed by atoms with van der Waals surface area (Å²) >= 11 is 0. The van der Waals surface area contributed by atoms with E-state index >= 15 is 0 Å². The molecule has 4 bridgehead atoms. The van der Waals surface area contributed by atoms with E-state index in [1.54, 1.807) is 0 Å². The summed E-state index contributed by atoms with van der Waals surface area (Å²) in [6, 6.07) is 14.5. The number of aromatic nitrogens is 1. The van der Waals surface area contributed by atoms with Crippen LogP contribution in [0.3, 0.4) is 0 Å². The molecule has 2 fully saturated rings. The number of anilines is 2. The van der Waals surface area contributed by atoms with Crippen LogP contribution in [-0.2, 0) is 16.0 Å². The van der Waals surface area contributed by atoms with Crippen molar-refractivity contribution >= 4 is 17.4 Å². The fourth-order valence-corrected chi connectivity index (χ4v) is 6.42. The highest BCUT2D eigenvalue weighted by Gasteiger charge is 2.43. The molecule has 4 atom stereocenters. The van der Waals surface area contributed by atoms with E-state index in [-0.39, 0.29) is 18.1 Å². The molecule has 184 valence electrons. The summed E-state index contributed by atoms with van der Waals surface area (Å²) in [5, 5.41) is 3.05. The lowest BCUT2D eigenvalue weighted by Crippen LogP contribution is -2.42. The second kappa shape index (κ2) is 8.05. The zero-order valence-electron chi connectivity index (χ0n) is 20.6. The summed E-state index contributed by atoms with van der Waals surface area (Å²) < 4.78 is 12.4. The van der Waals surface area contributed by atoms with Crippen molar-refractivity contribution in [3.05, 3.63) is 87.1 Å². The van der Waals surface area contributed by atoms with Crippen LogP contribution in [0, 0.1) is 13.8 Å². The van der Waals surface area contributed by atoms with Crippen LogP contribution in [0.2, 0.25) is 0 Å². The van der Waals surface area contributed by atoms with E-state index in [1.807, 2.05) is 32.0 Å².